The number of amides is 2. The first kappa shape index (κ1) is 36.4. The number of carbonyl (C=O) groups excluding carboxylic acids is 3. The Labute approximate surface area is 279 Å². The number of H-pyrrole nitrogens is 1. The van der Waals surface area contributed by atoms with E-state index < -0.39 is 40.9 Å². The van der Waals surface area contributed by atoms with Crippen LogP contribution in [0.25, 0.3) is 11.0 Å². The van der Waals surface area contributed by atoms with Crippen LogP contribution in [0.4, 0.5) is 18.0 Å². The van der Waals surface area contributed by atoms with Gasteiger partial charge in [0, 0.05) is 57.1 Å². The molecule has 1 atom stereocenters. The second kappa shape index (κ2) is 17.1. The lowest BCUT2D eigenvalue weighted by molar-refractivity contribution is -0.123. The summed E-state index contributed by atoms with van der Waals surface area (Å²) in [4.78, 5) is 59.8. The molecule has 0 aliphatic carbocycles. The number of fused-ring (bicyclic) bond motifs is 1. The minimum Gasteiger partial charge on any atom is -0.486 e. The number of nitrogens with one attached hydrogen (secondary N) is 2. The van der Waals surface area contributed by atoms with Gasteiger partial charge in [0.15, 0.2) is 11.5 Å². The monoisotopic (exact) mass is 683 g/mol. The summed E-state index contributed by atoms with van der Waals surface area (Å²) in [5.74, 6) is -2.63. The topological polar surface area (TPSA) is 145 Å². The van der Waals surface area contributed by atoms with Crippen LogP contribution in [0.3, 0.4) is 0 Å². The predicted molar refractivity (Wildman–Crippen MR) is 172 cm³/mol. The number of rotatable bonds is 16. The van der Waals surface area contributed by atoms with Crippen molar-refractivity contribution in [2.75, 3.05) is 34.4 Å². The number of hydrogen-bond donors (Lipinski definition) is 2. The van der Waals surface area contributed by atoms with Crippen molar-refractivity contribution in [3.63, 3.8) is 0 Å². The average Bonchev–Trinajstić information content (AvgIpc) is 3.46. The molecule has 0 spiro atoms. The molecule has 260 valence electrons. The number of aromatic nitrogens is 3. The van der Waals surface area contributed by atoms with Gasteiger partial charge in [0.05, 0.1) is 24.7 Å². The number of aromatic amines is 1. The van der Waals surface area contributed by atoms with Crippen molar-refractivity contribution >= 4 is 28.8 Å². The van der Waals surface area contributed by atoms with Gasteiger partial charge in [-0.2, -0.15) is 0 Å². The highest BCUT2D eigenvalue weighted by molar-refractivity contribution is 5.89. The first-order chi connectivity index (χ1) is 23.4. The molecule has 0 fully saturated rings. The number of nitrogens with zero attached hydrogens (tertiary/aromatic N) is 3. The van der Waals surface area contributed by atoms with Gasteiger partial charge < -0.3 is 34.0 Å². The fraction of sp³-hybridized carbons (Fsp3) is 0.324. The predicted octanol–water partition coefficient (Wildman–Crippen LogP) is 4.05. The number of methoxy groups -OCH3 is 1. The maximum absolute atomic E-state index is 14.4. The Bertz CT molecular complexity index is 1890. The lowest BCUT2D eigenvalue weighted by Crippen LogP contribution is -2.42. The summed E-state index contributed by atoms with van der Waals surface area (Å²) >= 11 is 0. The third kappa shape index (κ3) is 10.3. The standard InChI is InChI=1S/C34H36F3N5O7/c1-41(2)31(44)9-5-4-8-26(39-34(46)48-14-13-47-3)28(43)15-21-7-6-12-42(33(21)45)19-30-38-27-17-24(36)18-29(32(27)40-30)49-20-22-10-11-23(35)16-25(22)37/h5-7,9-12,16-18,26H,4,8,13-15,19-20H2,1-3H3,(H,38,40)(H,39,46)/b9-5+/t26-/m0/s1. The van der Waals surface area contributed by atoms with Crippen LogP contribution in [0, 0.1) is 17.5 Å². The molecule has 0 aliphatic heterocycles. The number of Topliss-reactive ketones (excluding diaryl/α,β-unsaturated/α-hetero) is 1. The zero-order valence-electron chi connectivity index (χ0n) is 27.1. The number of ketones is 1. The highest BCUT2D eigenvalue weighted by Crippen LogP contribution is 2.27. The first-order valence-electron chi connectivity index (χ1n) is 15.2. The molecule has 2 aromatic heterocycles. The fourth-order valence-electron chi connectivity index (χ4n) is 4.71. The highest BCUT2D eigenvalue weighted by atomic mass is 19.1. The molecular weight excluding hydrogens is 647 g/mol. The number of pyridine rings is 1. The number of benzene rings is 2. The Kier molecular flexibility index (Phi) is 12.7. The number of likely N-dealkylation sites (N-methyl/N-ethyl adjacent to an activating group) is 1. The minimum atomic E-state index is -1.02. The van der Waals surface area contributed by atoms with Crippen LogP contribution in [-0.4, -0.2) is 77.7 Å². The number of hydrogen-bond acceptors (Lipinski definition) is 8. The molecule has 2 heterocycles. The molecule has 0 aliphatic rings. The van der Waals surface area contributed by atoms with Crippen molar-refractivity contribution in [2.24, 2.45) is 0 Å². The summed E-state index contributed by atoms with van der Waals surface area (Å²) in [5.41, 5.74) is 0.202. The molecule has 0 unspecified atom stereocenters. The summed E-state index contributed by atoms with van der Waals surface area (Å²) in [6.07, 6.45) is 3.73. The lowest BCUT2D eigenvalue weighted by atomic mass is 10.0. The van der Waals surface area contributed by atoms with Crippen LogP contribution in [0.5, 0.6) is 5.75 Å². The Morgan fingerprint density at radius 3 is 2.59 bits per heavy atom. The van der Waals surface area contributed by atoms with E-state index in [1.165, 1.54) is 47.0 Å². The van der Waals surface area contributed by atoms with Crippen LogP contribution in [0.15, 0.2) is 65.6 Å². The van der Waals surface area contributed by atoms with Crippen molar-refractivity contribution in [2.45, 2.75) is 38.5 Å². The van der Waals surface area contributed by atoms with E-state index in [0.29, 0.717) is 0 Å². The van der Waals surface area contributed by atoms with Crippen molar-refractivity contribution in [1.29, 1.82) is 0 Å². The SMILES string of the molecule is COCCOC(=O)N[C@@H](CC/C=C/C(=O)N(C)C)C(=O)Cc1cccn(Cc2nc3c(OCc4ccc(F)cc4F)cc(F)cc3[nH]2)c1=O. The Balaban J connectivity index is 1.49. The minimum absolute atomic E-state index is 0.00753. The van der Waals surface area contributed by atoms with Gasteiger partial charge in [-0.25, -0.2) is 22.9 Å². The Morgan fingerprint density at radius 1 is 1.06 bits per heavy atom. The van der Waals surface area contributed by atoms with E-state index in [0.717, 1.165) is 18.2 Å². The van der Waals surface area contributed by atoms with Crippen molar-refractivity contribution in [3.8, 4) is 5.75 Å². The summed E-state index contributed by atoms with van der Waals surface area (Å²) in [7, 11) is 4.65. The van der Waals surface area contributed by atoms with E-state index in [-0.39, 0.29) is 85.3 Å². The van der Waals surface area contributed by atoms with Gasteiger partial charge in [0.2, 0.25) is 5.91 Å². The van der Waals surface area contributed by atoms with Crippen molar-refractivity contribution in [3.05, 3.63) is 106 Å². The maximum Gasteiger partial charge on any atom is 0.407 e. The average molecular weight is 684 g/mol. The molecule has 2 aromatic carbocycles. The van der Waals surface area contributed by atoms with Crippen molar-refractivity contribution in [1.82, 2.24) is 24.8 Å². The summed E-state index contributed by atoms with van der Waals surface area (Å²) < 4.78 is 58.7. The van der Waals surface area contributed by atoms with Gasteiger partial charge in [-0.15, -0.1) is 0 Å². The van der Waals surface area contributed by atoms with E-state index in [1.807, 2.05) is 0 Å². The number of halogens is 3. The third-order valence-electron chi connectivity index (χ3n) is 7.27. The molecule has 49 heavy (non-hydrogen) atoms. The summed E-state index contributed by atoms with van der Waals surface area (Å²) in [6, 6.07) is 7.35. The van der Waals surface area contributed by atoms with E-state index >= 15 is 0 Å². The summed E-state index contributed by atoms with van der Waals surface area (Å²) in [6.45, 7) is -0.261. The molecule has 0 saturated heterocycles. The van der Waals surface area contributed by atoms with Gasteiger partial charge in [0.25, 0.3) is 5.56 Å². The molecule has 0 saturated carbocycles. The normalized spacial score (nSPS) is 11.9. The lowest BCUT2D eigenvalue weighted by Gasteiger charge is -2.17. The molecule has 0 bridgehead atoms. The molecule has 15 heteroatoms. The van der Waals surface area contributed by atoms with E-state index in [9.17, 15) is 32.3 Å². The van der Waals surface area contributed by atoms with Gasteiger partial charge >= 0.3 is 6.09 Å². The summed E-state index contributed by atoms with van der Waals surface area (Å²) in [5, 5.41) is 2.53. The van der Waals surface area contributed by atoms with Gasteiger partial charge in [-0.3, -0.25) is 14.4 Å². The largest absolute Gasteiger partial charge is 0.486 e. The van der Waals surface area contributed by atoms with E-state index in [1.54, 1.807) is 26.2 Å². The number of imidazole rings is 1. The molecule has 0 radical (unpaired) electrons. The molecule has 2 N–H and O–H groups in total. The highest BCUT2D eigenvalue weighted by Gasteiger charge is 2.23. The smallest absolute Gasteiger partial charge is 0.407 e. The van der Waals surface area contributed by atoms with E-state index in [4.69, 9.17) is 14.2 Å². The zero-order valence-corrected chi connectivity index (χ0v) is 27.1. The molecule has 4 rings (SSSR count). The molecule has 12 nitrogen and oxygen atoms in total. The van der Waals surface area contributed by atoms with Crippen LogP contribution in [-0.2, 0) is 38.6 Å². The van der Waals surface area contributed by atoms with Gasteiger partial charge in [-0.1, -0.05) is 12.1 Å². The quantitative estimate of drug-likeness (QED) is 0.133. The third-order valence-corrected chi connectivity index (χ3v) is 7.27. The first-order valence-corrected chi connectivity index (χ1v) is 15.2. The zero-order chi connectivity index (χ0) is 35.5. The Morgan fingerprint density at radius 2 is 1.86 bits per heavy atom. The van der Waals surface area contributed by atoms with Crippen LogP contribution in [0.2, 0.25) is 0 Å². The fourth-order valence-corrected chi connectivity index (χ4v) is 4.71. The number of ether oxygens (including phenoxy) is 3. The second-order valence-corrected chi connectivity index (χ2v) is 11.2. The number of alkyl carbamates (subject to hydrolysis) is 1. The molecule has 2 amide bonds. The maximum atomic E-state index is 14.4. The number of allylic oxidation sites excluding steroid dienone is 1. The number of carbonyl (C=O) groups is 3. The molecule has 4 aromatic rings. The van der Waals surface area contributed by atoms with Gasteiger partial charge in [-0.05, 0) is 43.2 Å². The second-order valence-electron chi connectivity index (χ2n) is 11.2. The van der Waals surface area contributed by atoms with Crippen LogP contribution >= 0.6 is 0 Å². The van der Waals surface area contributed by atoms with E-state index in [2.05, 4.69) is 15.3 Å². The van der Waals surface area contributed by atoms with Gasteiger partial charge in [0.1, 0.15) is 42.0 Å². The van der Waals surface area contributed by atoms with Crippen molar-refractivity contribution < 1.29 is 41.8 Å². The Hall–Kier alpha value is -5.44. The van der Waals surface area contributed by atoms with Crippen LogP contribution < -0.4 is 15.6 Å². The van der Waals surface area contributed by atoms with Crippen LogP contribution in [0.1, 0.15) is 29.8 Å². The molecular formula is C34H36F3N5O7.